The van der Waals surface area contributed by atoms with Crippen LogP contribution in [0.5, 0.6) is 0 Å². The number of carbonyl (C=O) groups excluding carboxylic acids is 2. The van der Waals surface area contributed by atoms with Gasteiger partial charge in [-0.05, 0) is 25.1 Å². The van der Waals surface area contributed by atoms with E-state index in [4.69, 9.17) is 9.15 Å². The third-order valence-corrected chi connectivity index (χ3v) is 3.81. The van der Waals surface area contributed by atoms with E-state index >= 15 is 0 Å². The molecule has 0 saturated carbocycles. The molecule has 28 heavy (non-hydrogen) atoms. The number of esters is 1. The summed E-state index contributed by atoms with van der Waals surface area (Å²) in [5.74, 6) is -2.01. The number of carbonyl (C=O) groups is 2. The first-order valence-electron chi connectivity index (χ1n) is 8.14. The number of nitro benzene ring substituents is 1. The van der Waals surface area contributed by atoms with Crippen LogP contribution in [0.4, 0.5) is 11.4 Å². The fraction of sp³-hybridized carbons (Fsp3) is 0.105. The number of nitrogens with zero attached hydrogens (tertiary/aromatic N) is 1. The first-order chi connectivity index (χ1) is 13.3. The summed E-state index contributed by atoms with van der Waals surface area (Å²) < 4.78 is 10.4. The molecule has 1 amide bonds. The predicted octanol–water partition coefficient (Wildman–Crippen LogP) is 2.89. The molecule has 0 radical (unpaired) electrons. The summed E-state index contributed by atoms with van der Waals surface area (Å²) in [7, 11) is 0. The van der Waals surface area contributed by atoms with Crippen LogP contribution < -0.4 is 10.7 Å². The van der Waals surface area contributed by atoms with Crippen LogP contribution in [0.15, 0.2) is 63.8 Å². The zero-order chi connectivity index (χ0) is 20.3. The monoisotopic (exact) mass is 382 g/mol. The van der Waals surface area contributed by atoms with Gasteiger partial charge in [-0.15, -0.1) is 0 Å². The molecule has 0 aliphatic rings. The lowest BCUT2D eigenvalue weighted by Crippen LogP contribution is -2.30. The molecule has 0 unspecified atom stereocenters. The molecule has 0 aliphatic heterocycles. The van der Waals surface area contributed by atoms with E-state index in [-0.39, 0.29) is 22.7 Å². The van der Waals surface area contributed by atoms with Gasteiger partial charge < -0.3 is 14.5 Å². The number of rotatable bonds is 5. The van der Waals surface area contributed by atoms with Crippen LogP contribution in [0.2, 0.25) is 0 Å². The van der Waals surface area contributed by atoms with E-state index in [2.05, 4.69) is 5.32 Å². The molecular formula is C19H14N2O7. The third kappa shape index (κ3) is 4.04. The average Bonchev–Trinajstić information content (AvgIpc) is 2.68. The molecule has 0 aliphatic carbocycles. The Morgan fingerprint density at radius 2 is 1.89 bits per heavy atom. The van der Waals surface area contributed by atoms with Gasteiger partial charge in [-0.1, -0.05) is 18.2 Å². The molecule has 0 fully saturated rings. The van der Waals surface area contributed by atoms with Crippen molar-refractivity contribution in [1.82, 2.24) is 0 Å². The van der Waals surface area contributed by atoms with Gasteiger partial charge in [0, 0.05) is 23.9 Å². The molecule has 1 heterocycles. The molecule has 0 spiro atoms. The fourth-order valence-electron chi connectivity index (χ4n) is 2.42. The van der Waals surface area contributed by atoms with E-state index in [0.717, 1.165) is 6.07 Å². The van der Waals surface area contributed by atoms with Crippen molar-refractivity contribution in [1.29, 1.82) is 0 Å². The molecule has 3 rings (SSSR count). The van der Waals surface area contributed by atoms with Crippen LogP contribution in [0, 0.1) is 10.1 Å². The number of anilines is 1. The smallest absolute Gasteiger partial charge is 0.375 e. The zero-order valence-electron chi connectivity index (χ0n) is 14.6. The first-order valence-corrected chi connectivity index (χ1v) is 8.14. The number of benzene rings is 2. The van der Waals surface area contributed by atoms with Gasteiger partial charge in [-0.25, -0.2) is 4.79 Å². The number of non-ortho nitro benzene ring substituents is 1. The summed E-state index contributed by atoms with van der Waals surface area (Å²) in [5.41, 5.74) is -0.210. The van der Waals surface area contributed by atoms with Gasteiger partial charge in [-0.2, -0.15) is 0 Å². The van der Waals surface area contributed by atoms with E-state index in [9.17, 15) is 24.5 Å². The van der Waals surface area contributed by atoms with Crippen LogP contribution in [-0.4, -0.2) is 22.9 Å². The summed E-state index contributed by atoms with van der Waals surface area (Å²) in [6.07, 6.45) is -1.23. The Morgan fingerprint density at radius 1 is 1.14 bits per heavy atom. The summed E-state index contributed by atoms with van der Waals surface area (Å²) >= 11 is 0. The van der Waals surface area contributed by atoms with Crippen LogP contribution >= 0.6 is 0 Å². The summed E-state index contributed by atoms with van der Waals surface area (Å²) in [5, 5.41) is 13.5. The van der Waals surface area contributed by atoms with Crippen LogP contribution in [0.3, 0.4) is 0 Å². The van der Waals surface area contributed by atoms with E-state index in [1.165, 1.54) is 37.3 Å². The van der Waals surface area contributed by atoms with E-state index in [1.54, 1.807) is 18.2 Å². The van der Waals surface area contributed by atoms with Gasteiger partial charge in [0.05, 0.1) is 10.3 Å². The van der Waals surface area contributed by atoms with Crippen LogP contribution in [0.1, 0.15) is 17.5 Å². The highest BCUT2D eigenvalue weighted by atomic mass is 16.6. The number of ether oxygens (including phenoxy) is 1. The molecule has 1 N–H and O–H groups in total. The van der Waals surface area contributed by atoms with Crippen molar-refractivity contribution in [2.45, 2.75) is 13.0 Å². The lowest BCUT2D eigenvalue weighted by molar-refractivity contribution is -0.384. The summed E-state index contributed by atoms with van der Waals surface area (Å²) in [6.45, 7) is 1.32. The minimum absolute atomic E-state index is 0.180. The van der Waals surface area contributed by atoms with Gasteiger partial charge in [-0.3, -0.25) is 19.7 Å². The number of amides is 1. The number of para-hydroxylation sites is 1. The maximum Gasteiger partial charge on any atom is 0.375 e. The topological polar surface area (TPSA) is 129 Å². The SMILES string of the molecule is C[C@H](OC(=O)c1cc(=O)c2ccccc2o1)C(=O)Nc1cccc([N+](=O)[O-])c1. The second kappa shape index (κ2) is 7.70. The third-order valence-electron chi connectivity index (χ3n) is 3.81. The standard InChI is InChI=1S/C19H14N2O7/c1-11(18(23)20-12-5-4-6-13(9-12)21(25)26)27-19(24)17-10-15(22)14-7-2-3-8-16(14)28-17/h2-11H,1H3,(H,20,23)/t11-/m0/s1. The molecule has 0 saturated heterocycles. The average molecular weight is 382 g/mol. The molecule has 3 aromatic rings. The minimum atomic E-state index is -1.23. The molecule has 2 aromatic carbocycles. The molecule has 9 nitrogen and oxygen atoms in total. The Kier molecular flexibility index (Phi) is 5.16. The largest absolute Gasteiger partial charge is 0.449 e. The number of nitro groups is 1. The van der Waals surface area contributed by atoms with Crippen molar-refractivity contribution in [3.8, 4) is 0 Å². The lowest BCUT2D eigenvalue weighted by atomic mass is 10.2. The number of nitrogens with one attached hydrogen (secondary N) is 1. The molecular weight excluding hydrogens is 368 g/mol. The summed E-state index contributed by atoms with van der Waals surface area (Å²) in [4.78, 5) is 46.7. The zero-order valence-corrected chi connectivity index (χ0v) is 14.6. The number of hydrogen-bond acceptors (Lipinski definition) is 7. The highest BCUT2D eigenvalue weighted by molar-refractivity contribution is 5.97. The van der Waals surface area contributed by atoms with E-state index in [1.807, 2.05) is 0 Å². The number of fused-ring (bicyclic) bond motifs is 1. The Bertz CT molecular complexity index is 1140. The quantitative estimate of drug-likeness (QED) is 0.408. The van der Waals surface area contributed by atoms with Gasteiger partial charge in [0.1, 0.15) is 5.58 Å². The van der Waals surface area contributed by atoms with Gasteiger partial charge >= 0.3 is 5.97 Å². The Morgan fingerprint density at radius 3 is 2.64 bits per heavy atom. The maximum atomic E-state index is 12.2. The highest BCUT2D eigenvalue weighted by Crippen LogP contribution is 2.18. The second-order valence-electron chi connectivity index (χ2n) is 5.82. The van der Waals surface area contributed by atoms with Crippen LogP contribution in [0.25, 0.3) is 11.0 Å². The van der Waals surface area contributed by atoms with Crippen molar-refractivity contribution in [2.75, 3.05) is 5.32 Å². The molecule has 1 aromatic heterocycles. The van der Waals surface area contributed by atoms with Crippen molar-refractivity contribution in [3.63, 3.8) is 0 Å². The fourth-order valence-corrected chi connectivity index (χ4v) is 2.42. The molecule has 0 bridgehead atoms. The minimum Gasteiger partial charge on any atom is -0.449 e. The maximum absolute atomic E-state index is 12.2. The lowest BCUT2D eigenvalue weighted by Gasteiger charge is -2.13. The van der Waals surface area contributed by atoms with Crippen molar-refractivity contribution >= 4 is 34.2 Å². The van der Waals surface area contributed by atoms with Crippen molar-refractivity contribution < 1.29 is 23.7 Å². The number of hydrogen-bond donors (Lipinski definition) is 1. The van der Waals surface area contributed by atoms with Gasteiger partial charge in [0.2, 0.25) is 5.76 Å². The normalized spacial score (nSPS) is 11.6. The first kappa shape index (κ1) is 18.8. The highest BCUT2D eigenvalue weighted by Gasteiger charge is 2.22. The van der Waals surface area contributed by atoms with E-state index < -0.39 is 28.3 Å². The van der Waals surface area contributed by atoms with Gasteiger partial charge in [0.15, 0.2) is 11.5 Å². The predicted molar refractivity (Wildman–Crippen MR) is 99.1 cm³/mol. The Balaban J connectivity index is 1.72. The second-order valence-corrected chi connectivity index (χ2v) is 5.82. The Labute approximate surface area is 157 Å². The Hall–Kier alpha value is -4.01. The molecule has 9 heteroatoms. The van der Waals surface area contributed by atoms with Crippen molar-refractivity contribution in [2.24, 2.45) is 0 Å². The summed E-state index contributed by atoms with van der Waals surface area (Å²) in [6, 6.07) is 12.7. The molecule has 142 valence electrons. The van der Waals surface area contributed by atoms with E-state index in [0.29, 0.717) is 5.39 Å². The molecule has 1 atom stereocenters. The van der Waals surface area contributed by atoms with Gasteiger partial charge in [0.25, 0.3) is 11.6 Å². The van der Waals surface area contributed by atoms with Crippen LogP contribution in [-0.2, 0) is 9.53 Å². The van der Waals surface area contributed by atoms with Crippen molar-refractivity contribution in [3.05, 3.63) is 80.7 Å².